The number of hydrogen-bond acceptors (Lipinski definition) is 3. The van der Waals surface area contributed by atoms with E-state index in [0.717, 1.165) is 13.0 Å². The van der Waals surface area contributed by atoms with Crippen LogP contribution in [0.5, 0.6) is 0 Å². The van der Waals surface area contributed by atoms with Crippen molar-refractivity contribution in [3.05, 3.63) is 53.9 Å². The molecule has 0 bridgehead atoms. The van der Waals surface area contributed by atoms with Gasteiger partial charge < -0.3 is 10.6 Å². The number of carbonyl (C=O) groups excluding carboxylic acids is 1. The number of nitrogens with two attached hydrogens (primary N) is 1. The molecule has 1 saturated heterocycles. The van der Waals surface area contributed by atoms with Gasteiger partial charge in [0.05, 0.1) is 18.3 Å². The number of likely N-dealkylation sites (tertiary alicyclic amines) is 1. The Labute approximate surface area is 142 Å². The Morgan fingerprint density at radius 3 is 2.74 bits per heavy atom. The molecule has 1 aromatic carbocycles. The summed E-state index contributed by atoms with van der Waals surface area (Å²) in [5.74, 6) is 0.473. The molecule has 2 unspecified atom stereocenters. The molecule has 0 aliphatic carbocycles. The van der Waals surface area contributed by atoms with Gasteiger partial charge in [0, 0.05) is 18.8 Å². The minimum absolute atomic E-state index is 0. The summed E-state index contributed by atoms with van der Waals surface area (Å²) in [4.78, 5) is 14.5. The monoisotopic (exact) mass is 334 g/mol. The summed E-state index contributed by atoms with van der Waals surface area (Å²) in [7, 11) is 0. The zero-order valence-electron chi connectivity index (χ0n) is 13.3. The SMILES string of the molecule is CC1CC(CN)CN1C(=O)c1cnn(Cc2ccccc2)c1.Cl. The van der Waals surface area contributed by atoms with Crippen molar-refractivity contribution in [1.82, 2.24) is 14.7 Å². The summed E-state index contributed by atoms with van der Waals surface area (Å²) >= 11 is 0. The van der Waals surface area contributed by atoms with Crippen molar-refractivity contribution >= 4 is 18.3 Å². The predicted octanol–water partition coefficient (Wildman–Crippen LogP) is 2.16. The van der Waals surface area contributed by atoms with Crippen molar-refractivity contribution in [3.63, 3.8) is 0 Å². The van der Waals surface area contributed by atoms with Crippen LogP contribution in [0.1, 0.15) is 29.3 Å². The number of halogens is 1. The summed E-state index contributed by atoms with van der Waals surface area (Å²) in [5, 5.41) is 4.31. The first-order chi connectivity index (χ1) is 10.7. The van der Waals surface area contributed by atoms with E-state index >= 15 is 0 Å². The fourth-order valence-corrected chi connectivity index (χ4v) is 3.09. The third kappa shape index (κ3) is 3.92. The lowest BCUT2D eigenvalue weighted by molar-refractivity contribution is 0.0743. The molecule has 1 fully saturated rings. The smallest absolute Gasteiger partial charge is 0.257 e. The molecule has 1 aromatic heterocycles. The molecule has 6 heteroatoms. The fraction of sp³-hybridized carbons (Fsp3) is 0.412. The molecule has 1 amide bonds. The summed E-state index contributed by atoms with van der Waals surface area (Å²) in [5.41, 5.74) is 7.55. The highest BCUT2D eigenvalue weighted by Crippen LogP contribution is 2.24. The molecule has 2 heterocycles. The van der Waals surface area contributed by atoms with Crippen LogP contribution in [0.15, 0.2) is 42.7 Å². The fourth-order valence-electron chi connectivity index (χ4n) is 3.09. The Kier molecular flexibility index (Phi) is 5.80. The molecular formula is C17H23ClN4O. The second kappa shape index (κ2) is 7.62. The van der Waals surface area contributed by atoms with Gasteiger partial charge >= 0.3 is 0 Å². The molecular weight excluding hydrogens is 312 g/mol. The van der Waals surface area contributed by atoms with E-state index in [-0.39, 0.29) is 24.4 Å². The maximum Gasteiger partial charge on any atom is 0.257 e. The summed E-state index contributed by atoms with van der Waals surface area (Å²) in [6, 6.07) is 10.4. The van der Waals surface area contributed by atoms with E-state index in [2.05, 4.69) is 24.2 Å². The van der Waals surface area contributed by atoms with E-state index in [9.17, 15) is 4.79 Å². The van der Waals surface area contributed by atoms with Crippen molar-refractivity contribution < 1.29 is 4.79 Å². The Bertz CT molecular complexity index is 643. The third-order valence-electron chi connectivity index (χ3n) is 4.32. The van der Waals surface area contributed by atoms with Crippen LogP contribution in [-0.2, 0) is 6.54 Å². The van der Waals surface area contributed by atoms with Crippen molar-refractivity contribution in [2.24, 2.45) is 11.7 Å². The maximum atomic E-state index is 12.6. The highest BCUT2D eigenvalue weighted by Gasteiger charge is 2.32. The molecule has 1 aliphatic heterocycles. The highest BCUT2D eigenvalue weighted by molar-refractivity contribution is 5.94. The molecule has 124 valence electrons. The number of amides is 1. The van der Waals surface area contributed by atoms with Crippen molar-refractivity contribution in [2.45, 2.75) is 25.9 Å². The number of benzene rings is 1. The second-order valence-electron chi connectivity index (χ2n) is 6.06. The number of rotatable bonds is 4. The number of carbonyl (C=O) groups is 1. The van der Waals surface area contributed by atoms with Crippen LogP contribution in [0.2, 0.25) is 0 Å². The second-order valence-corrected chi connectivity index (χ2v) is 6.06. The molecule has 1 aliphatic rings. The van der Waals surface area contributed by atoms with Gasteiger partial charge in [0.1, 0.15) is 0 Å². The standard InChI is InChI=1S/C17H22N4O.ClH/c1-13-7-15(8-18)11-21(13)17(22)16-9-19-20(12-16)10-14-5-3-2-4-6-14;/h2-6,9,12-13,15H,7-8,10-11,18H2,1H3;1H. The molecule has 2 atom stereocenters. The van der Waals surface area contributed by atoms with E-state index in [4.69, 9.17) is 5.73 Å². The highest BCUT2D eigenvalue weighted by atomic mass is 35.5. The van der Waals surface area contributed by atoms with E-state index in [1.165, 1.54) is 5.56 Å². The quantitative estimate of drug-likeness (QED) is 0.932. The Balaban J connectivity index is 0.00000192. The maximum absolute atomic E-state index is 12.6. The largest absolute Gasteiger partial charge is 0.336 e. The van der Waals surface area contributed by atoms with Crippen LogP contribution >= 0.6 is 12.4 Å². The van der Waals surface area contributed by atoms with Crippen LogP contribution < -0.4 is 5.73 Å². The van der Waals surface area contributed by atoms with Gasteiger partial charge in [0.25, 0.3) is 5.91 Å². The first kappa shape index (κ1) is 17.5. The van der Waals surface area contributed by atoms with Crippen molar-refractivity contribution in [1.29, 1.82) is 0 Å². The lowest BCUT2D eigenvalue weighted by atomic mass is 10.1. The predicted molar refractivity (Wildman–Crippen MR) is 92.7 cm³/mol. The third-order valence-corrected chi connectivity index (χ3v) is 4.32. The summed E-state index contributed by atoms with van der Waals surface area (Å²) in [6.45, 7) is 4.15. The zero-order valence-corrected chi connectivity index (χ0v) is 14.1. The van der Waals surface area contributed by atoms with Crippen LogP contribution in [0, 0.1) is 5.92 Å². The minimum Gasteiger partial charge on any atom is -0.336 e. The van der Waals surface area contributed by atoms with Crippen LogP contribution in [0.3, 0.4) is 0 Å². The minimum atomic E-state index is 0. The average molecular weight is 335 g/mol. The van der Waals surface area contributed by atoms with Gasteiger partial charge in [-0.3, -0.25) is 9.48 Å². The van der Waals surface area contributed by atoms with Crippen molar-refractivity contribution in [3.8, 4) is 0 Å². The van der Waals surface area contributed by atoms with Gasteiger partial charge in [0.15, 0.2) is 0 Å². The van der Waals surface area contributed by atoms with Crippen LogP contribution in [-0.4, -0.2) is 39.7 Å². The molecule has 0 radical (unpaired) electrons. The van der Waals surface area contributed by atoms with Gasteiger partial charge in [0.2, 0.25) is 0 Å². The Hall–Kier alpha value is -1.85. The molecule has 3 rings (SSSR count). The number of hydrogen-bond donors (Lipinski definition) is 1. The number of nitrogens with zero attached hydrogens (tertiary/aromatic N) is 3. The topological polar surface area (TPSA) is 64.2 Å². The van der Waals surface area contributed by atoms with Crippen LogP contribution in [0.25, 0.3) is 0 Å². The molecule has 5 nitrogen and oxygen atoms in total. The van der Waals surface area contributed by atoms with Gasteiger partial charge in [-0.25, -0.2) is 0 Å². The molecule has 2 N–H and O–H groups in total. The molecule has 0 saturated carbocycles. The molecule has 2 aromatic rings. The molecule has 23 heavy (non-hydrogen) atoms. The average Bonchev–Trinajstić information content (AvgIpc) is 3.14. The van der Waals surface area contributed by atoms with E-state index < -0.39 is 0 Å². The summed E-state index contributed by atoms with van der Waals surface area (Å²) < 4.78 is 1.81. The molecule has 0 spiro atoms. The van der Waals surface area contributed by atoms with Gasteiger partial charge in [-0.1, -0.05) is 30.3 Å². The van der Waals surface area contributed by atoms with Gasteiger partial charge in [-0.05, 0) is 31.4 Å². The van der Waals surface area contributed by atoms with Crippen molar-refractivity contribution in [2.75, 3.05) is 13.1 Å². The first-order valence-electron chi connectivity index (χ1n) is 7.74. The van der Waals surface area contributed by atoms with E-state index in [1.807, 2.05) is 34.0 Å². The van der Waals surface area contributed by atoms with Gasteiger partial charge in [-0.2, -0.15) is 5.10 Å². The van der Waals surface area contributed by atoms with E-state index in [1.54, 1.807) is 6.20 Å². The zero-order chi connectivity index (χ0) is 15.5. The normalized spacial score (nSPS) is 20.3. The summed E-state index contributed by atoms with van der Waals surface area (Å²) in [6.07, 6.45) is 4.48. The lowest BCUT2D eigenvalue weighted by Gasteiger charge is -2.20. The van der Waals surface area contributed by atoms with Gasteiger partial charge in [-0.15, -0.1) is 12.4 Å². The lowest BCUT2D eigenvalue weighted by Crippen LogP contribution is -2.34. The Morgan fingerprint density at radius 2 is 2.09 bits per heavy atom. The number of aromatic nitrogens is 2. The van der Waals surface area contributed by atoms with E-state index in [0.29, 0.717) is 24.6 Å². The Morgan fingerprint density at radius 1 is 1.35 bits per heavy atom. The first-order valence-corrected chi connectivity index (χ1v) is 7.74. The van der Waals surface area contributed by atoms with Crippen LogP contribution in [0.4, 0.5) is 0 Å².